The van der Waals surface area contributed by atoms with Gasteiger partial charge in [-0.3, -0.25) is 5.32 Å². The minimum atomic E-state index is -0.453. The van der Waals surface area contributed by atoms with Gasteiger partial charge in [-0.2, -0.15) is 0 Å². The second-order valence-electron chi connectivity index (χ2n) is 4.91. The van der Waals surface area contributed by atoms with Crippen LogP contribution in [0.5, 0.6) is 0 Å². The van der Waals surface area contributed by atoms with E-state index in [1.807, 2.05) is 12.1 Å². The molecule has 2 rings (SSSR count). The average Bonchev–Trinajstić information content (AvgIpc) is 2.47. The van der Waals surface area contributed by atoms with Gasteiger partial charge in [0.25, 0.3) is 0 Å². The Morgan fingerprint density at radius 3 is 2.53 bits per heavy atom. The Bertz CT molecular complexity index is 399. The SMILES string of the molecule is O=C(Nc1ccc(C2CCCCC2)cc1)OCCCl. The van der Waals surface area contributed by atoms with Crippen molar-refractivity contribution in [3.63, 3.8) is 0 Å². The largest absolute Gasteiger partial charge is 0.448 e. The number of carbonyl (C=O) groups excluding carboxylic acids is 1. The Hall–Kier alpha value is -1.22. The van der Waals surface area contributed by atoms with E-state index >= 15 is 0 Å². The van der Waals surface area contributed by atoms with Crippen molar-refractivity contribution in [1.29, 1.82) is 0 Å². The van der Waals surface area contributed by atoms with Crippen LogP contribution in [0.4, 0.5) is 10.5 Å². The van der Waals surface area contributed by atoms with E-state index in [0.29, 0.717) is 11.8 Å². The van der Waals surface area contributed by atoms with Gasteiger partial charge in [0.15, 0.2) is 0 Å². The molecule has 1 aliphatic carbocycles. The molecular weight excluding hydrogens is 262 g/mol. The van der Waals surface area contributed by atoms with Crippen molar-refractivity contribution >= 4 is 23.4 Å². The number of carbonyl (C=O) groups is 1. The molecule has 0 atom stereocenters. The summed E-state index contributed by atoms with van der Waals surface area (Å²) < 4.78 is 4.86. The molecule has 0 heterocycles. The third-order valence-corrected chi connectivity index (χ3v) is 3.70. The number of hydrogen-bond donors (Lipinski definition) is 1. The monoisotopic (exact) mass is 281 g/mol. The molecule has 1 aromatic rings. The van der Waals surface area contributed by atoms with Crippen molar-refractivity contribution < 1.29 is 9.53 Å². The Morgan fingerprint density at radius 1 is 1.21 bits per heavy atom. The number of ether oxygens (including phenoxy) is 1. The highest BCUT2D eigenvalue weighted by atomic mass is 35.5. The summed E-state index contributed by atoms with van der Waals surface area (Å²) in [6, 6.07) is 8.08. The molecule has 1 fully saturated rings. The lowest BCUT2D eigenvalue weighted by molar-refractivity contribution is 0.168. The van der Waals surface area contributed by atoms with Crippen molar-refractivity contribution in [3.8, 4) is 0 Å². The van der Waals surface area contributed by atoms with Gasteiger partial charge in [-0.25, -0.2) is 4.79 Å². The number of rotatable bonds is 4. The zero-order valence-electron chi connectivity index (χ0n) is 11.0. The molecule has 1 aromatic carbocycles. The van der Waals surface area contributed by atoms with Gasteiger partial charge in [0, 0.05) is 5.69 Å². The van der Waals surface area contributed by atoms with Crippen LogP contribution in [0.2, 0.25) is 0 Å². The first-order chi connectivity index (χ1) is 9.29. The van der Waals surface area contributed by atoms with Crippen molar-refractivity contribution in [1.82, 2.24) is 0 Å². The molecule has 4 heteroatoms. The fourth-order valence-electron chi connectivity index (χ4n) is 2.56. The Morgan fingerprint density at radius 2 is 1.89 bits per heavy atom. The summed E-state index contributed by atoms with van der Waals surface area (Å²) in [5.74, 6) is 1.000. The first kappa shape index (κ1) is 14.2. The molecular formula is C15H20ClNO2. The van der Waals surface area contributed by atoms with Crippen molar-refractivity contribution in [3.05, 3.63) is 29.8 Å². The van der Waals surface area contributed by atoms with Gasteiger partial charge in [0.1, 0.15) is 6.61 Å². The van der Waals surface area contributed by atoms with Crippen LogP contribution in [-0.2, 0) is 4.74 Å². The molecule has 1 saturated carbocycles. The highest BCUT2D eigenvalue weighted by Gasteiger charge is 2.15. The summed E-state index contributed by atoms with van der Waals surface area (Å²) in [7, 11) is 0. The zero-order chi connectivity index (χ0) is 13.5. The third kappa shape index (κ3) is 4.43. The molecule has 0 aromatic heterocycles. The second kappa shape index (κ2) is 7.39. The molecule has 0 aliphatic heterocycles. The van der Waals surface area contributed by atoms with Gasteiger partial charge in [-0.1, -0.05) is 31.4 Å². The average molecular weight is 282 g/mol. The van der Waals surface area contributed by atoms with Crippen molar-refractivity contribution in [2.24, 2.45) is 0 Å². The van der Waals surface area contributed by atoms with Crippen LogP contribution in [-0.4, -0.2) is 18.6 Å². The fraction of sp³-hybridized carbons (Fsp3) is 0.533. The van der Waals surface area contributed by atoms with E-state index in [2.05, 4.69) is 17.4 Å². The summed E-state index contributed by atoms with van der Waals surface area (Å²) in [4.78, 5) is 11.4. The number of amides is 1. The van der Waals surface area contributed by atoms with E-state index < -0.39 is 6.09 Å². The van der Waals surface area contributed by atoms with Crippen molar-refractivity contribution in [2.45, 2.75) is 38.0 Å². The standard InChI is InChI=1S/C15H20ClNO2/c16-10-11-19-15(18)17-14-8-6-13(7-9-14)12-4-2-1-3-5-12/h6-9,12H,1-5,10-11H2,(H,17,18). The molecule has 3 nitrogen and oxygen atoms in total. The molecule has 0 radical (unpaired) electrons. The highest BCUT2D eigenvalue weighted by molar-refractivity contribution is 6.18. The van der Waals surface area contributed by atoms with E-state index in [1.54, 1.807) is 0 Å². The fourth-order valence-corrected chi connectivity index (χ4v) is 2.64. The van der Waals surface area contributed by atoms with Crippen LogP contribution < -0.4 is 5.32 Å². The van der Waals surface area contributed by atoms with E-state index in [1.165, 1.54) is 37.7 Å². The number of halogens is 1. The number of benzene rings is 1. The summed E-state index contributed by atoms with van der Waals surface area (Å²) in [6.45, 7) is 0.230. The molecule has 0 unspecified atom stereocenters. The molecule has 0 bridgehead atoms. The predicted octanol–water partition coefficient (Wildman–Crippen LogP) is 4.52. The summed E-state index contributed by atoms with van der Waals surface area (Å²) in [5.41, 5.74) is 2.14. The van der Waals surface area contributed by atoms with Gasteiger partial charge in [0.05, 0.1) is 5.88 Å². The van der Waals surface area contributed by atoms with Crippen LogP contribution in [0.25, 0.3) is 0 Å². The van der Waals surface area contributed by atoms with Crippen LogP contribution in [0.15, 0.2) is 24.3 Å². The molecule has 104 valence electrons. The minimum absolute atomic E-state index is 0.230. The number of alkyl halides is 1. The molecule has 0 spiro atoms. The molecule has 0 saturated heterocycles. The van der Waals surface area contributed by atoms with Gasteiger partial charge >= 0.3 is 6.09 Å². The van der Waals surface area contributed by atoms with Gasteiger partial charge in [-0.05, 0) is 36.5 Å². The Balaban J connectivity index is 1.88. The Kier molecular flexibility index (Phi) is 5.52. The van der Waals surface area contributed by atoms with E-state index in [9.17, 15) is 4.79 Å². The smallest absolute Gasteiger partial charge is 0.411 e. The van der Waals surface area contributed by atoms with Gasteiger partial charge < -0.3 is 4.74 Å². The normalized spacial score (nSPS) is 16.1. The topological polar surface area (TPSA) is 38.3 Å². The van der Waals surface area contributed by atoms with Crippen LogP contribution in [0.1, 0.15) is 43.6 Å². The maximum absolute atomic E-state index is 11.4. The summed E-state index contributed by atoms with van der Waals surface area (Å²) in [5, 5.41) is 2.69. The van der Waals surface area contributed by atoms with Gasteiger partial charge in [0.2, 0.25) is 0 Å². The maximum Gasteiger partial charge on any atom is 0.411 e. The van der Waals surface area contributed by atoms with Crippen molar-refractivity contribution in [2.75, 3.05) is 17.8 Å². The quantitative estimate of drug-likeness (QED) is 0.824. The second-order valence-corrected chi connectivity index (χ2v) is 5.28. The minimum Gasteiger partial charge on any atom is -0.448 e. The van der Waals surface area contributed by atoms with Crippen LogP contribution >= 0.6 is 11.6 Å². The lowest BCUT2D eigenvalue weighted by Gasteiger charge is -2.22. The molecule has 19 heavy (non-hydrogen) atoms. The summed E-state index contributed by atoms with van der Waals surface area (Å²) in [6.07, 6.45) is 6.13. The number of hydrogen-bond acceptors (Lipinski definition) is 2. The van der Waals surface area contributed by atoms with E-state index in [-0.39, 0.29) is 6.61 Å². The van der Waals surface area contributed by atoms with Crippen LogP contribution in [0, 0.1) is 0 Å². The lowest BCUT2D eigenvalue weighted by Crippen LogP contribution is -2.15. The number of anilines is 1. The lowest BCUT2D eigenvalue weighted by atomic mass is 9.84. The predicted molar refractivity (Wildman–Crippen MR) is 78.0 cm³/mol. The maximum atomic E-state index is 11.4. The highest BCUT2D eigenvalue weighted by Crippen LogP contribution is 2.32. The van der Waals surface area contributed by atoms with Gasteiger partial charge in [-0.15, -0.1) is 11.6 Å². The molecule has 1 aliphatic rings. The van der Waals surface area contributed by atoms with Crippen LogP contribution in [0.3, 0.4) is 0 Å². The third-order valence-electron chi connectivity index (χ3n) is 3.54. The van der Waals surface area contributed by atoms with E-state index in [0.717, 1.165) is 5.69 Å². The number of nitrogens with one attached hydrogen (secondary N) is 1. The van der Waals surface area contributed by atoms with E-state index in [4.69, 9.17) is 16.3 Å². The Labute approximate surface area is 119 Å². The molecule has 1 N–H and O–H groups in total. The molecule has 1 amide bonds. The zero-order valence-corrected chi connectivity index (χ0v) is 11.8. The summed E-state index contributed by atoms with van der Waals surface area (Å²) >= 11 is 5.45. The first-order valence-electron chi connectivity index (χ1n) is 6.89. The first-order valence-corrected chi connectivity index (χ1v) is 7.43.